The molecule has 1 saturated carbocycles. The fraction of sp³-hybridized carbons (Fsp3) is 0.400. The van der Waals surface area contributed by atoms with E-state index in [1.165, 1.54) is 28.3 Å². The van der Waals surface area contributed by atoms with E-state index in [-0.39, 0.29) is 5.92 Å². The number of hydrogen-bond donors (Lipinski definition) is 1. The number of aliphatic hydroxyl groups is 1. The van der Waals surface area contributed by atoms with Gasteiger partial charge in [-0.15, -0.1) is 0 Å². The smallest absolute Gasteiger partial charge is 0.124 e. The molecule has 3 aromatic carbocycles. The van der Waals surface area contributed by atoms with Crippen LogP contribution >= 0.6 is 0 Å². The van der Waals surface area contributed by atoms with Crippen molar-refractivity contribution < 1.29 is 14.6 Å². The molecule has 2 aliphatic carbocycles. The van der Waals surface area contributed by atoms with Crippen LogP contribution in [0, 0.1) is 11.8 Å². The third-order valence-corrected chi connectivity index (χ3v) is 8.18. The number of hydrogen-bond acceptors (Lipinski definition) is 4. The number of nitrogens with zero attached hydrogens (tertiary/aromatic N) is 1. The molecule has 0 amide bonds. The second-order valence-corrected chi connectivity index (χ2v) is 10.1. The Balaban J connectivity index is 1.22. The molecule has 1 saturated heterocycles. The fourth-order valence-electron chi connectivity index (χ4n) is 6.17. The van der Waals surface area contributed by atoms with Crippen LogP contribution in [0.25, 0.3) is 16.8 Å². The molecule has 4 heteroatoms. The van der Waals surface area contributed by atoms with Crippen molar-refractivity contribution in [1.82, 2.24) is 4.90 Å². The van der Waals surface area contributed by atoms with Crippen molar-refractivity contribution in [2.45, 2.75) is 37.8 Å². The van der Waals surface area contributed by atoms with Crippen LogP contribution in [-0.4, -0.2) is 37.3 Å². The lowest BCUT2D eigenvalue weighted by Gasteiger charge is -2.35. The highest BCUT2D eigenvalue weighted by atomic mass is 16.5. The van der Waals surface area contributed by atoms with Crippen molar-refractivity contribution in [2.75, 3.05) is 27.3 Å². The summed E-state index contributed by atoms with van der Waals surface area (Å²) in [6.45, 7) is 2.98. The minimum absolute atomic E-state index is 0.217. The van der Waals surface area contributed by atoms with Crippen LogP contribution < -0.4 is 9.47 Å². The summed E-state index contributed by atoms with van der Waals surface area (Å²) in [6.07, 6.45) is 7.45. The molecular formula is C30H33NO3. The van der Waals surface area contributed by atoms with E-state index >= 15 is 0 Å². The van der Waals surface area contributed by atoms with Gasteiger partial charge in [-0.2, -0.15) is 0 Å². The van der Waals surface area contributed by atoms with Crippen molar-refractivity contribution in [3.63, 3.8) is 0 Å². The minimum Gasteiger partial charge on any atom is -0.497 e. The Kier molecular flexibility index (Phi) is 5.59. The van der Waals surface area contributed by atoms with Crippen molar-refractivity contribution in [1.29, 1.82) is 0 Å². The lowest BCUT2D eigenvalue weighted by molar-refractivity contribution is 0.0550. The highest BCUT2D eigenvalue weighted by molar-refractivity contribution is 5.90. The Bertz CT molecular complexity index is 1240. The second-order valence-electron chi connectivity index (χ2n) is 10.1. The first-order valence-corrected chi connectivity index (χ1v) is 12.5. The molecule has 0 aromatic heterocycles. The summed E-state index contributed by atoms with van der Waals surface area (Å²) in [5, 5.41) is 14.0. The molecule has 176 valence electrons. The Labute approximate surface area is 201 Å². The molecule has 34 heavy (non-hydrogen) atoms. The van der Waals surface area contributed by atoms with Gasteiger partial charge in [0.1, 0.15) is 11.5 Å². The number of aliphatic hydroxyl groups excluding tert-OH is 1. The molecule has 3 aromatic rings. The van der Waals surface area contributed by atoms with Crippen LogP contribution in [0.3, 0.4) is 0 Å². The number of allylic oxidation sites excluding steroid dienone is 1. The first-order chi connectivity index (χ1) is 16.7. The third-order valence-electron chi connectivity index (χ3n) is 8.18. The van der Waals surface area contributed by atoms with Crippen LogP contribution in [0.15, 0.2) is 54.6 Å². The van der Waals surface area contributed by atoms with Gasteiger partial charge in [0.25, 0.3) is 0 Å². The maximum absolute atomic E-state index is 11.2. The third kappa shape index (κ3) is 3.79. The number of likely N-dealkylation sites (tertiary alicyclic amines) is 1. The molecule has 2 fully saturated rings. The van der Waals surface area contributed by atoms with E-state index in [1.54, 1.807) is 19.8 Å². The van der Waals surface area contributed by atoms with Crippen LogP contribution in [0.2, 0.25) is 0 Å². The standard InChI is InChI=1S/C30H33NO3/c1-33-23-9-10-28(34-2)26(17-23)30(32)19-11-13-31(14-12-19)18-27-24-6-4-3-5-20(24)15-22-8-7-21-16-25(21)29(22)27/h3-10,15,17,19,21,25,30,32H,11-14,16,18H2,1-2H3. The maximum Gasteiger partial charge on any atom is 0.124 e. The van der Waals surface area contributed by atoms with Gasteiger partial charge in [0.2, 0.25) is 0 Å². The highest BCUT2D eigenvalue weighted by Crippen LogP contribution is 2.55. The molecule has 0 radical (unpaired) electrons. The molecular weight excluding hydrogens is 422 g/mol. The lowest BCUT2D eigenvalue weighted by atomic mass is 9.85. The Morgan fingerprint density at radius 2 is 1.85 bits per heavy atom. The van der Waals surface area contributed by atoms with Crippen molar-refractivity contribution in [3.05, 3.63) is 76.9 Å². The van der Waals surface area contributed by atoms with Gasteiger partial charge < -0.3 is 14.6 Å². The molecule has 1 N–H and O–H groups in total. The van der Waals surface area contributed by atoms with Gasteiger partial charge in [-0.25, -0.2) is 0 Å². The van der Waals surface area contributed by atoms with Crippen LogP contribution in [-0.2, 0) is 6.54 Å². The first-order valence-electron chi connectivity index (χ1n) is 12.5. The number of rotatable bonds is 6. The zero-order valence-electron chi connectivity index (χ0n) is 20.0. The van der Waals surface area contributed by atoms with Crippen molar-refractivity contribution in [2.24, 2.45) is 11.8 Å². The Morgan fingerprint density at radius 1 is 1.03 bits per heavy atom. The van der Waals surface area contributed by atoms with Gasteiger partial charge in [0.05, 0.1) is 20.3 Å². The molecule has 4 nitrogen and oxygen atoms in total. The lowest BCUT2D eigenvalue weighted by Crippen LogP contribution is -2.35. The predicted molar refractivity (Wildman–Crippen MR) is 136 cm³/mol. The van der Waals surface area contributed by atoms with Crippen LogP contribution in [0.4, 0.5) is 0 Å². The number of ether oxygens (including phenoxy) is 2. The molecule has 3 unspecified atom stereocenters. The second kappa shape index (κ2) is 8.75. The van der Waals surface area contributed by atoms with E-state index in [0.29, 0.717) is 5.92 Å². The molecule has 0 bridgehead atoms. The average molecular weight is 456 g/mol. The molecule has 1 aliphatic heterocycles. The molecule has 0 spiro atoms. The van der Waals surface area contributed by atoms with Gasteiger partial charge in [-0.3, -0.25) is 4.90 Å². The molecule has 1 heterocycles. The van der Waals surface area contributed by atoms with E-state index in [9.17, 15) is 5.11 Å². The van der Waals surface area contributed by atoms with E-state index in [2.05, 4.69) is 47.4 Å². The van der Waals surface area contributed by atoms with Crippen LogP contribution in [0.1, 0.15) is 53.5 Å². The molecule has 6 rings (SSSR count). The summed E-state index contributed by atoms with van der Waals surface area (Å²) in [4.78, 5) is 2.59. The Morgan fingerprint density at radius 3 is 2.65 bits per heavy atom. The number of benzene rings is 3. The van der Waals surface area contributed by atoms with Gasteiger partial charge in [-0.1, -0.05) is 36.4 Å². The summed E-state index contributed by atoms with van der Waals surface area (Å²) < 4.78 is 10.9. The van der Waals surface area contributed by atoms with E-state index in [0.717, 1.165) is 55.5 Å². The maximum atomic E-state index is 11.2. The average Bonchev–Trinajstić information content (AvgIpc) is 3.68. The van der Waals surface area contributed by atoms with Crippen LogP contribution in [0.5, 0.6) is 11.5 Å². The van der Waals surface area contributed by atoms with Gasteiger partial charge in [0.15, 0.2) is 0 Å². The largest absolute Gasteiger partial charge is 0.497 e. The summed E-state index contributed by atoms with van der Waals surface area (Å²) in [5.74, 6) is 3.14. The monoisotopic (exact) mass is 455 g/mol. The normalized spacial score (nSPS) is 22.8. The quantitative estimate of drug-likeness (QED) is 0.500. The predicted octanol–water partition coefficient (Wildman–Crippen LogP) is 5.93. The van der Waals surface area contributed by atoms with E-state index < -0.39 is 6.10 Å². The topological polar surface area (TPSA) is 41.9 Å². The van der Waals surface area contributed by atoms with E-state index in [1.807, 2.05) is 18.2 Å². The SMILES string of the molecule is COc1ccc(OC)c(C(O)C2CCN(Cc3c4c(cc5ccccc35)C=CC3CC43)CC2)c1. The van der Waals surface area contributed by atoms with Gasteiger partial charge in [0, 0.05) is 12.1 Å². The summed E-state index contributed by atoms with van der Waals surface area (Å²) in [5.41, 5.74) is 5.37. The van der Waals surface area contributed by atoms with Gasteiger partial charge in [-0.05, 0) is 102 Å². The number of fused-ring (bicyclic) bond motifs is 4. The molecule has 3 aliphatic rings. The Hall–Kier alpha value is -2.82. The summed E-state index contributed by atoms with van der Waals surface area (Å²) in [6, 6.07) is 16.9. The van der Waals surface area contributed by atoms with Crippen molar-refractivity contribution in [3.8, 4) is 11.5 Å². The van der Waals surface area contributed by atoms with Gasteiger partial charge >= 0.3 is 0 Å². The summed E-state index contributed by atoms with van der Waals surface area (Å²) in [7, 11) is 3.31. The number of piperidine rings is 1. The summed E-state index contributed by atoms with van der Waals surface area (Å²) >= 11 is 0. The first kappa shape index (κ1) is 21.7. The van der Waals surface area contributed by atoms with Crippen molar-refractivity contribution >= 4 is 16.8 Å². The minimum atomic E-state index is -0.546. The van der Waals surface area contributed by atoms with E-state index in [4.69, 9.17) is 9.47 Å². The zero-order chi connectivity index (χ0) is 23.2. The highest BCUT2D eigenvalue weighted by Gasteiger charge is 2.41. The fourth-order valence-corrected chi connectivity index (χ4v) is 6.17. The molecule has 3 atom stereocenters. The number of methoxy groups -OCH3 is 2. The zero-order valence-corrected chi connectivity index (χ0v) is 20.0.